The van der Waals surface area contributed by atoms with Crippen LogP contribution in [0.3, 0.4) is 0 Å². The van der Waals surface area contributed by atoms with Crippen molar-refractivity contribution in [2.24, 2.45) is 11.8 Å². The average molecular weight is 754 g/mol. The van der Waals surface area contributed by atoms with E-state index in [4.69, 9.17) is 48.1 Å². The second kappa shape index (κ2) is 21.4. The number of hydrogen-bond acceptors (Lipinski definition) is 6. The molecule has 2 atom stereocenters. The van der Waals surface area contributed by atoms with Gasteiger partial charge in [0.1, 0.15) is 0 Å². The van der Waals surface area contributed by atoms with E-state index in [2.05, 4.69) is 80.2 Å². The van der Waals surface area contributed by atoms with E-state index < -0.39 is 30.3 Å². The van der Waals surface area contributed by atoms with Gasteiger partial charge in [0.2, 0.25) is 0 Å². The van der Waals surface area contributed by atoms with Crippen molar-refractivity contribution in [1.29, 1.82) is 0 Å². The highest BCUT2D eigenvalue weighted by atomic mass is 35.5. The molecule has 4 rings (SSSR count). The number of likely N-dealkylation sites (N-methyl/N-ethyl adjacent to an activating group) is 2. The first-order valence-corrected chi connectivity index (χ1v) is 18.4. The molecule has 0 aromatic heterocycles. The van der Waals surface area contributed by atoms with Gasteiger partial charge in [0, 0.05) is 33.7 Å². The minimum atomic E-state index is -2.07. The SMILES string of the molecule is CC(C)CC([NH+](C)C)C1(c2ccc(Cl)cc2)CCC1.CC(C)CC([NH+](C)C)C1(c2ccc(Cl)cc2)CCC1.O=C([O-])C(=O)O.O=C([O-])CC(=O)O. The van der Waals surface area contributed by atoms with Gasteiger partial charge in [-0.2, -0.15) is 0 Å². The van der Waals surface area contributed by atoms with Crippen LogP contribution in [0.4, 0.5) is 0 Å². The lowest BCUT2D eigenvalue weighted by Crippen LogP contribution is -3.12. The van der Waals surface area contributed by atoms with Crippen LogP contribution in [0.25, 0.3) is 0 Å². The zero-order valence-electron chi connectivity index (χ0n) is 31.4. The number of hydrogen-bond donors (Lipinski definition) is 4. The third-order valence-corrected chi connectivity index (χ3v) is 10.4. The number of halogens is 2. The fourth-order valence-corrected chi connectivity index (χ4v) is 7.70. The monoisotopic (exact) mass is 752 g/mol. The summed E-state index contributed by atoms with van der Waals surface area (Å²) in [6.45, 7) is 9.35. The van der Waals surface area contributed by atoms with Crippen molar-refractivity contribution < 1.29 is 49.4 Å². The summed E-state index contributed by atoms with van der Waals surface area (Å²) in [5.41, 5.74) is 3.76. The van der Waals surface area contributed by atoms with Crippen LogP contribution in [0.5, 0.6) is 0 Å². The fourth-order valence-electron chi connectivity index (χ4n) is 7.45. The van der Waals surface area contributed by atoms with Gasteiger partial charge in [0.05, 0.1) is 52.7 Å². The van der Waals surface area contributed by atoms with Crippen LogP contribution in [0, 0.1) is 11.8 Å². The van der Waals surface area contributed by atoms with Gasteiger partial charge < -0.3 is 39.8 Å². The molecule has 2 aliphatic carbocycles. The summed E-state index contributed by atoms with van der Waals surface area (Å²) in [4.78, 5) is 39.9. The van der Waals surface area contributed by atoms with Crippen LogP contribution < -0.4 is 20.0 Å². The molecule has 0 heterocycles. The smallest absolute Gasteiger partial charge is 0.351 e. The average Bonchev–Trinajstić information content (AvgIpc) is 2.96. The summed E-state index contributed by atoms with van der Waals surface area (Å²) in [6, 6.07) is 18.6. The van der Waals surface area contributed by atoms with Crippen molar-refractivity contribution in [3.63, 3.8) is 0 Å². The number of carbonyl (C=O) groups is 4. The van der Waals surface area contributed by atoms with Gasteiger partial charge in [-0.15, -0.1) is 0 Å². The van der Waals surface area contributed by atoms with Crippen LogP contribution in [-0.2, 0) is 30.0 Å². The molecule has 2 aliphatic rings. The Morgan fingerprint density at radius 1 is 0.667 bits per heavy atom. The van der Waals surface area contributed by atoms with Crippen molar-refractivity contribution >= 4 is 47.1 Å². The Morgan fingerprint density at radius 2 is 0.961 bits per heavy atom. The lowest BCUT2D eigenvalue weighted by Gasteiger charge is -2.49. The van der Waals surface area contributed by atoms with Crippen LogP contribution in [0.2, 0.25) is 10.0 Å². The normalized spacial score (nSPS) is 16.5. The first-order valence-electron chi connectivity index (χ1n) is 17.7. The maximum atomic E-state index is 9.39. The number of aliphatic carboxylic acids is 4. The maximum Gasteiger partial charge on any atom is 0.351 e. The number of carboxylic acid groups (broad SMARTS) is 4. The molecule has 2 fully saturated rings. The lowest BCUT2D eigenvalue weighted by molar-refractivity contribution is -0.893. The van der Waals surface area contributed by atoms with E-state index in [1.54, 1.807) is 9.80 Å². The van der Waals surface area contributed by atoms with E-state index in [1.807, 2.05) is 24.3 Å². The molecular formula is C39H58Cl2N2O8. The predicted octanol–water partition coefficient (Wildman–Crippen LogP) is 2.67. The second-order valence-electron chi connectivity index (χ2n) is 15.1. The van der Waals surface area contributed by atoms with Gasteiger partial charge in [-0.3, -0.25) is 4.79 Å². The molecule has 2 aromatic carbocycles. The van der Waals surface area contributed by atoms with Gasteiger partial charge >= 0.3 is 11.9 Å². The van der Waals surface area contributed by atoms with E-state index in [9.17, 15) is 14.7 Å². The minimum Gasteiger partial charge on any atom is -0.550 e. The third-order valence-electron chi connectivity index (χ3n) is 9.94. The fraction of sp³-hybridized carbons (Fsp3) is 0.590. The second-order valence-corrected chi connectivity index (χ2v) is 16.0. The maximum absolute atomic E-state index is 9.39. The van der Waals surface area contributed by atoms with Crippen LogP contribution >= 0.6 is 23.2 Å². The third kappa shape index (κ3) is 14.4. The molecular weight excluding hydrogens is 695 g/mol. The van der Waals surface area contributed by atoms with Gasteiger partial charge in [0.15, 0.2) is 5.97 Å². The van der Waals surface area contributed by atoms with Gasteiger partial charge in [-0.05, 0) is 72.9 Å². The standard InChI is InChI=1S/2C17H26ClN.C3H4O4.C2H2O4/c2*1-13(2)12-16(19(3)4)17(10-5-11-17)14-6-8-15(18)9-7-14;4-2(5)1-3(6)7;3-1(4)2(5)6/h2*6-9,13,16H,5,10-12H2,1-4H3;1H2,(H,4,5)(H,6,7);(H,3,4)(H,5,6). The number of carboxylic acids is 4. The Balaban J connectivity index is 0.000000382. The molecule has 2 unspecified atom stereocenters. The van der Waals surface area contributed by atoms with Gasteiger partial charge in [-0.1, -0.05) is 88.0 Å². The molecule has 0 aliphatic heterocycles. The zero-order valence-corrected chi connectivity index (χ0v) is 32.9. The summed E-state index contributed by atoms with van der Waals surface area (Å²) < 4.78 is 0. The lowest BCUT2D eigenvalue weighted by atomic mass is 9.58. The molecule has 0 amide bonds. The number of quaternary nitrogens is 2. The van der Waals surface area contributed by atoms with E-state index in [1.165, 1.54) is 62.5 Å². The minimum absolute atomic E-state index is 0.383. The van der Waals surface area contributed by atoms with Crippen molar-refractivity contribution in [3.05, 3.63) is 69.7 Å². The predicted molar refractivity (Wildman–Crippen MR) is 196 cm³/mol. The largest absolute Gasteiger partial charge is 0.550 e. The first-order chi connectivity index (χ1) is 23.7. The van der Waals surface area contributed by atoms with Gasteiger partial charge in [0.25, 0.3) is 0 Å². The van der Waals surface area contributed by atoms with Crippen LogP contribution in [0.15, 0.2) is 48.5 Å². The van der Waals surface area contributed by atoms with E-state index in [-0.39, 0.29) is 0 Å². The molecule has 0 radical (unpaired) electrons. The molecule has 0 spiro atoms. The van der Waals surface area contributed by atoms with Crippen molar-refractivity contribution in [2.75, 3.05) is 28.2 Å². The summed E-state index contributed by atoms with van der Waals surface area (Å²) in [5.74, 6) is -5.44. The number of rotatable bonds is 12. The highest BCUT2D eigenvalue weighted by Gasteiger charge is 2.50. The molecule has 0 bridgehead atoms. The Morgan fingerprint density at radius 3 is 1.10 bits per heavy atom. The summed E-state index contributed by atoms with van der Waals surface area (Å²) in [7, 11) is 9.23. The summed E-state index contributed by atoms with van der Waals surface area (Å²) >= 11 is 12.1. The molecule has 0 saturated heterocycles. The van der Waals surface area contributed by atoms with E-state index >= 15 is 0 Å². The highest BCUT2D eigenvalue weighted by Crippen LogP contribution is 2.48. The Labute approximate surface area is 313 Å². The molecule has 2 aromatic rings. The van der Waals surface area contributed by atoms with Crippen LogP contribution in [0.1, 0.15) is 96.6 Å². The molecule has 12 heteroatoms. The summed E-state index contributed by atoms with van der Waals surface area (Å²) in [6.07, 6.45) is 9.73. The number of carbonyl (C=O) groups excluding carboxylic acids is 2. The molecule has 2 saturated carbocycles. The molecule has 4 N–H and O–H groups in total. The van der Waals surface area contributed by atoms with Crippen LogP contribution in [-0.4, -0.2) is 74.4 Å². The molecule has 10 nitrogen and oxygen atoms in total. The Kier molecular flexibility index (Phi) is 19.2. The summed E-state index contributed by atoms with van der Waals surface area (Å²) in [5, 5.41) is 35.0. The van der Waals surface area contributed by atoms with E-state index in [0.29, 0.717) is 22.9 Å². The number of benzene rings is 2. The van der Waals surface area contributed by atoms with Crippen molar-refractivity contribution in [1.82, 2.24) is 0 Å². The van der Waals surface area contributed by atoms with Crippen molar-refractivity contribution in [2.45, 2.75) is 108 Å². The molecule has 51 heavy (non-hydrogen) atoms. The number of nitrogens with one attached hydrogen (secondary N) is 2. The van der Waals surface area contributed by atoms with Crippen molar-refractivity contribution in [3.8, 4) is 0 Å². The van der Waals surface area contributed by atoms with Gasteiger partial charge in [-0.25, -0.2) is 4.79 Å². The quantitative estimate of drug-likeness (QED) is 0.190. The highest BCUT2D eigenvalue weighted by molar-refractivity contribution is 6.30. The topological polar surface area (TPSA) is 164 Å². The Bertz CT molecular complexity index is 1280. The zero-order chi connectivity index (χ0) is 39.1. The first kappa shape index (κ1) is 45.8. The van der Waals surface area contributed by atoms with E-state index in [0.717, 1.165) is 21.9 Å². The Hall–Kier alpha value is -3.18. The molecule has 286 valence electrons.